The molecule has 10 heteroatoms. The third-order valence-corrected chi connectivity index (χ3v) is 4.40. The van der Waals surface area contributed by atoms with E-state index in [1.807, 2.05) is 0 Å². The maximum atomic E-state index is 13.1. The monoisotopic (exact) mass is 341 g/mol. The van der Waals surface area contributed by atoms with Crippen LogP contribution in [0.15, 0.2) is 18.2 Å². The van der Waals surface area contributed by atoms with Crippen LogP contribution in [0.3, 0.4) is 0 Å². The highest BCUT2D eigenvalue weighted by Crippen LogP contribution is 2.40. The Morgan fingerprint density at radius 2 is 1.95 bits per heavy atom. The van der Waals surface area contributed by atoms with Crippen molar-refractivity contribution < 1.29 is 35.0 Å². The predicted molar refractivity (Wildman–Crippen MR) is 68.8 cm³/mol. The molecule has 1 aromatic carbocycles. The van der Waals surface area contributed by atoms with Gasteiger partial charge in [-0.25, -0.2) is 0 Å². The minimum atomic E-state index is -5.01. The minimum Gasteiger partial charge on any atom is -0.497 e. The number of methoxy groups -OCH3 is 1. The van der Waals surface area contributed by atoms with Gasteiger partial charge in [0.15, 0.2) is 0 Å². The number of benzene rings is 1. The summed E-state index contributed by atoms with van der Waals surface area (Å²) in [6.45, 7) is -0.660. The summed E-state index contributed by atoms with van der Waals surface area (Å²) in [6, 6.07) is 2.89. The van der Waals surface area contributed by atoms with Gasteiger partial charge in [-0.1, -0.05) is 0 Å². The summed E-state index contributed by atoms with van der Waals surface area (Å²) in [5, 5.41) is -1.66. The van der Waals surface area contributed by atoms with Gasteiger partial charge in [0.1, 0.15) is 11.0 Å². The van der Waals surface area contributed by atoms with Crippen molar-refractivity contribution in [3.05, 3.63) is 23.8 Å². The lowest BCUT2D eigenvalue weighted by Gasteiger charge is -2.22. The van der Waals surface area contributed by atoms with Crippen LogP contribution >= 0.6 is 0 Å². The minimum absolute atomic E-state index is 0.0719. The molecule has 22 heavy (non-hydrogen) atoms. The van der Waals surface area contributed by atoms with Crippen molar-refractivity contribution in [1.82, 2.24) is 0 Å². The summed E-state index contributed by atoms with van der Waals surface area (Å²) in [6.07, 6.45) is -5.47. The van der Waals surface area contributed by atoms with Crippen LogP contribution in [-0.2, 0) is 21.2 Å². The second-order valence-corrected chi connectivity index (χ2v) is 6.30. The van der Waals surface area contributed by atoms with Crippen molar-refractivity contribution >= 4 is 21.8 Å². The average molecular weight is 341 g/mol. The first-order valence-corrected chi connectivity index (χ1v) is 7.47. The molecular weight excluding hydrogens is 330 g/mol. The highest BCUT2D eigenvalue weighted by Gasteiger charge is 2.43. The third kappa shape index (κ3) is 3.16. The van der Waals surface area contributed by atoms with Gasteiger partial charge in [0.25, 0.3) is 0 Å². The van der Waals surface area contributed by atoms with Crippen LogP contribution in [0.1, 0.15) is 12.0 Å². The van der Waals surface area contributed by atoms with Gasteiger partial charge in [0.05, 0.1) is 18.4 Å². The zero-order valence-electron chi connectivity index (χ0n) is 11.2. The van der Waals surface area contributed by atoms with Crippen molar-refractivity contribution in [2.45, 2.75) is 17.8 Å². The van der Waals surface area contributed by atoms with Gasteiger partial charge in [0, 0.05) is 13.0 Å². The highest BCUT2D eigenvalue weighted by atomic mass is 32.3. The number of anilines is 1. The summed E-state index contributed by atoms with van der Waals surface area (Å²) in [4.78, 5) is 12.4. The molecule has 0 aromatic heterocycles. The molecule has 0 N–H and O–H groups in total. The van der Waals surface area contributed by atoms with Crippen molar-refractivity contribution in [3.8, 4) is 5.75 Å². The van der Waals surface area contributed by atoms with Gasteiger partial charge in [-0.05, 0) is 18.2 Å². The Morgan fingerprint density at radius 1 is 1.32 bits per heavy atom. The molecule has 2 rings (SSSR count). The van der Waals surface area contributed by atoms with Gasteiger partial charge in [-0.2, -0.15) is 21.6 Å². The van der Waals surface area contributed by atoms with Crippen molar-refractivity contribution in [2.24, 2.45) is 0 Å². The van der Waals surface area contributed by atoms with Crippen molar-refractivity contribution in [2.75, 3.05) is 18.6 Å². The van der Waals surface area contributed by atoms with Crippen LogP contribution in [-0.4, -0.2) is 33.2 Å². The lowest BCUT2D eigenvalue weighted by atomic mass is 10.1. The molecule has 1 aromatic rings. The van der Waals surface area contributed by atoms with E-state index >= 15 is 0 Å². The summed E-state index contributed by atoms with van der Waals surface area (Å²) >= 11 is 0. The molecule has 1 aliphatic heterocycles. The first-order chi connectivity index (χ1) is 10.0. The summed E-state index contributed by atoms with van der Waals surface area (Å²) in [5.74, 6) is -0.959. The number of alkyl halides is 3. The van der Waals surface area contributed by atoms with E-state index in [4.69, 9.17) is 4.74 Å². The molecule has 0 spiro atoms. The molecule has 0 radical (unpaired) electrons. The molecule has 1 saturated heterocycles. The van der Waals surface area contributed by atoms with Gasteiger partial charge >= 0.3 is 16.4 Å². The Kier molecular flexibility index (Phi) is 4.07. The van der Waals surface area contributed by atoms with E-state index in [9.17, 15) is 30.3 Å². The van der Waals surface area contributed by atoms with E-state index in [0.717, 1.165) is 6.07 Å². The van der Waals surface area contributed by atoms with Crippen LogP contribution in [0, 0.1) is 0 Å². The second-order valence-electron chi connectivity index (χ2n) is 4.69. The number of halogens is 4. The lowest BCUT2D eigenvalue weighted by Crippen LogP contribution is -2.29. The fourth-order valence-electron chi connectivity index (χ4n) is 2.20. The van der Waals surface area contributed by atoms with Crippen molar-refractivity contribution in [3.63, 3.8) is 0 Å². The smallest absolute Gasteiger partial charge is 0.418 e. The van der Waals surface area contributed by atoms with Gasteiger partial charge in [0.2, 0.25) is 5.91 Å². The molecule has 1 atom stereocenters. The molecule has 122 valence electrons. The average Bonchev–Trinajstić information content (AvgIpc) is 2.79. The molecule has 1 heterocycles. The summed E-state index contributed by atoms with van der Waals surface area (Å²) in [7, 11) is -3.82. The topological polar surface area (TPSA) is 63.7 Å². The Hall–Kier alpha value is -1.84. The number of nitrogens with zero attached hydrogens (tertiary/aromatic N) is 1. The molecule has 5 nitrogen and oxygen atoms in total. The number of ether oxygens (including phenoxy) is 1. The Bertz CT molecular complexity index is 702. The third-order valence-electron chi connectivity index (χ3n) is 3.29. The number of amides is 1. The number of carbonyl (C=O) groups is 1. The van der Waals surface area contributed by atoms with Crippen LogP contribution in [0.25, 0.3) is 0 Å². The van der Waals surface area contributed by atoms with Gasteiger partial charge < -0.3 is 9.64 Å². The number of carbonyl (C=O) groups excluding carboxylic acids is 1. The molecule has 1 aliphatic rings. The first kappa shape index (κ1) is 16.5. The van der Waals surface area contributed by atoms with Crippen LogP contribution in [0.4, 0.5) is 22.7 Å². The number of hydrogen-bond acceptors (Lipinski definition) is 4. The highest BCUT2D eigenvalue weighted by molar-refractivity contribution is 7.87. The Labute approximate surface area is 123 Å². The molecular formula is C12H11F4NO4S. The van der Waals surface area contributed by atoms with E-state index < -0.39 is 51.8 Å². The molecule has 1 amide bonds. The number of rotatable bonds is 3. The summed E-state index contributed by atoms with van der Waals surface area (Å²) < 4.78 is 78.6. The van der Waals surface area contributed by atoms with Crippen LogP contribution in [0.5, 0.6) is 5.75 Å². The maximum absolute atomic E-state index is 13.1. The fraction of sp³-hybridized carbons (Fsp3) is 0.417. The van der Waals surface area contributed by atoms with Crippen molar-refractivity contribution in [1.29, 1.82) is 0 Å². The Morgan fingerprint density at radius 3 is 2.41 bits per heavy atom. The zero-order valence-corrected chi connectivity index (χ0v) is 12.0. The lowest BCUT2D eigenvalue weighted by molar-refractivity contribution is -0.137. The fourth-order valence-corrected chi connectivity index (χ4v) is 2.87. The maximum Gasteiger partial charge on any atom is 0.418 e. The van der Waals surface area contributed by atoms with E-state index in [2.05, 4.69) is 0 Å². The van der Waals surface area contributed by atoms with E-state index in [0.29, 0.717) is 11.0 Å². The predicted octanol–water partition coefficient (Wildman–Crippen LogP) is 2.12. The van der Waals surface area contributed by atoms with E-state index in [1.165, 1.54) is 13.2 Å². The Balaban J connectivity index is 2.47. The van der Waals surface area contributed by atoms with Gasteiger partial charge in [-0.3, -0.25) is 4.79 Å². The molecule has 1 fully saturated rings. The van der Waals surface area contributed by atoms with E-state index in [1.54, 1.807) is 0 Å². The SMILES string of the molecule is COc1ccc(N2CC(S(=O)(=O)F)CC2=O)c(C(F)(F)F)c1. The van der Waals surface area contributed by atoms with Gasteiger partial charge in [-0.15, -0.1) is 3.89 Å². The largest absolute Gasteiger partial charge is 0.497 e. The first-order valence-electron chi connectivity index (χ1n) is 6.03. The summed E-state index contributed by atoms with van der Waals surface area (Å²) in [5.41, 5.74) is -1.68. The second kappa shape index (κ2) is 5.41. The van der Waals surface area contributed by atoms with Crippen LogP contribution < -0.4 is 9.64 Å². The van der Waals surface area contributed by atoms with E-state index in [-0.39, 0.29) is 5.75 Å². The molecule has 0 bridgehead atoms. The molecule has 0 aliphatic carbocycles. The number of hydrogen-bond donors (Lipinski definition) is 0. The normalized spacial score (nSPS) is 19.6. The molecule has 0 saturated carbocycles. The standard InChI is InChI=1S/C12H11F4NO4S/c1-21-7-2-3-10(9(4-7)12(13,14)15)17-6-8(5-11(17)18)22(16,19)20/h2-4,8H,5-6H2,1H3. The van der Waals surface area contributed by atoms with Crippen LogP contribution in [0.2, 0.25) is 0 Å². The zero-order chi connectivity index (χ0) is 16.7. The quantitative estimate of drug-likeness (QED) is 0.624. The molecule has 1 unspecified atom stereocenters.